The molecule has 2 heterocycles. The minimum Gasteiger partial charge on any atom is -0.492 e. The number of ether oxygens (including phenoxy) is 2. The number of rotatable bonds is 7. The van der Waals surface area contributed by atoms with E-state index in [0.29, 0.717) is 19.1 Å². The van der Waals surface area contributed by atoms with Gasteiger partial charge in [0.15, 0.2) is 5.96 Å². The molecular formula is C25H35IN4O2. The molecule has 2 aromatic carbocycles. The van der Waals surface area contributed by atoms with E-state index in [4.69, 9.17) is 9.47 Å². The fourth-order valence-electron chi connectivity index (χ4n) is 4.36. The van der Waals surface area contributed by atoms with Crippen molar-refractivity contribution in [3.8, 4) is 5.75 Å². The van der Waals surface area contributed by atoms with Gasteiger partial charge in [0.05, 0.1) is 13.2 Å². The average Bonchev–Trinajstić information content (AvgIpc) is 3.32. The third kappa shape index (κ3) is 6.83. The summed E-state index contributed by atoms with van der Waals surface area (Å²) >= 11 is 0. The number of aliphatic imine (C=N–C) groups is 1. The van der Waals surface area contributed by atoms with Gasteiger partial charge in [0.2, 0.25) is 0 Å². The van der Waals surface area contributed by atoms with Crippen LogP contribution in [0.5, 0.6) is 5.75 Å². The summed E-state index contributed by atoms with van der Waals surface area (Å²) in [5.41, 5.74) is 2.57. The Labute approximate surface area is 209 Å². The summed E-state index contributed by atoms with van der Waals surface area (Å²) in [4.78, 5) is 9.29. The summed E-state index contributed by atoms with van der Waals surface area (Å²) in [5, 5.41) is 3.55. The molecule has 4 rings (SSSR count). The Bertz CT molecular complexity index is 843. The van der Waals surface area contributed by atoms with Crippen molar-refractivity contribution in [2.24, 2.45) is 4.99 Å². The lowest BCUT2D eigenvalue weighted by Crippen LogP contribution is -2.39. The van der Waals surface area contributed by atoms with Crippen LogP contribution >= 0.6 is 24.0 Å². The molecule has 1 unspecified atom stereocenters. The number of morpholine rings is 1. The second-order valence-electron chi connectivity index (χ2n) is 8.15. The Morgan fingerprint density at radius 1 is 1.06 bits per heavy atom. The Morgan fingerprint density at radius 2 is 1.81 bits per heavy atom. The molecule has 0 amide bonds. The van der Waals surface area contributed by atoms with E-state index in [1.54, 1.807) is 0 Å². The summed E-state index contributed by atoms with van der Waals surface area (Å²) in [6, 6.07) is 19.1. The van der Waals surface area contributed by atoms with Crippen molar-refractivity contribution in [3.63, 3.8) is 0 Å². The quantitative estimate of drug-likeness (QED) is 0.325. The minimum atomic E-state index is 0. The lowest BCUT2D eigenvalue weighted by molar-refractivity contribution is 0.0322. The number of para-hydroxylation sites is 1. The van der Waals surface area contributed by atoms with Crippen LogP contribution in [0.4, 0.5) is 0 Å². The second-order valence-corrected chi connectivity index (χ2v) is 8.15. The third-order valence-electron chi connectivity index (χ3n) is 6.15. The first kappa shape index (κ1) is 24.8. The molecule has 32 heavy (non-hydrogen) atoms. The maximum Gasteiger partial charge on any atom is 0.193 e. The first-order chi connectivity index (χ1) is 15.3. The summed E-state index contributed by atoms with van der Waals surface area (Å²) in [6.07, 6.45) is 1.16. The molecule has 1 N–H and O–H groups in total. The van der Waals surface area contributed by atoms with Gasteiger partial charge in [0.25, 0.3) is 0 Å². The highest BCUT2D eigenvalue weighted by atomic mass is 127. The fourth-order valence-corrected chi connectivity index (χ4v) is 4.36. The Balaban J connectivity index is 0.00000289. The number of hydrogen-bond donors (Lipinski definition) is 1. The highest BCUT2D eigenvalue weighted by molar-refractivity contribution is 14.0. The normalized spacial score (nSPS) is 19.5. The number of halogens is 1. The monoisotopic (exact) mass is 550 g/mol. The van der Waals surface area contributed by atoms with E-state index in [-0.39, 0.29) is 24.0 Å². The molecule has 0 radical (unpaired) electrons. The average molecular weight is 550 g/mol. The second kappa shape index (κ2) is 13.0. The fraction of sp³-hybridized carbons (Fsp3) is 0.480. The van der Waals surface area contributed by atoms with Crippen LogP contribution in [0.3, 0.4) is 0 Å². The van der Waals surface area contributed by atoms with Gasteiger partial charge in [0.1, 0.15) is 12.4 Å². The van der Waals surface area contributed by atoms with E-state index in [2.05, 4.69) is 68.6 Å². The number of likely N-dealkylation sites (tertiary alicyclic amines) is 1. The predicted octanol–water partition coefficient (Wildman–Crippen LogP) is 3.58. The molecule has 2 fully saturated rings. The van der Waals surface area contributed by atoms with Gasteiger partial charge in [0, 0.05) is 57.8 Å². The first-order valence-corrected chi connectivity index (χ1v) is 11.3. The summed E-state index contributed by atoms with van der Waals surface area (Å²) in [6.45, 7) is 7.97. The smallest absolute Gasteiger partial charge is 0.193 e. The maximum absolute atomic E-state index is 6.13. The first-order valence-electron chi connectivity index (χ1n) is 11.3. The molecule has 0 bridgehead atoms. The van der Waals surface area contributed by atoms with Crippen LogP contribution in [0.2, 0.25) is 0 Å². The van der Waals surface area contributed by atoms with Crippen molar-refractivity contribution < 1.29 is 9.47 Å². The van der Waals surface area contributed by atoms with Gasteiger partial charge in [-0.3, -0.25) is 9.89 Å². The molecule has 0 aromatic heterocycles. The van der Waals surface area contributed by atoms with E-state index in [9.17, 15) is 0 Å². The molecule has 2 aromatic rings. The molecule has 1 atom stereocenters. The SMILES string of the molecule is CN=C(NCc1ccccc1OCCN1CCOCC1)N1CCC(c2ccccc2)C1.I. The number of nitrogens with one attached hydrogen (secondary N) is 1. The lowest BCUT2D eigenvalue weighted by atomic mass is 9.99. The number of nitrogens with zero attached hydrogens (tertiary/aromatic N) is 3. The summed E-state index contributed by atoms with van der Waals surface area (Å²) < 4.78 is 11.5. The van der Waals surface area contributed by atoms with Crippen molar-refractivity contribution in [1.29, 1.82) is 0 Å². The van der Waals surface area contributed by atoms with Crippen molar-refractivity contribution in [2.75, 3.05) is 59.6 Å². The minimum absolute atomic E-state index is 0. The number of benzene rings is 2. The van der Waals surface area contributed by atoms with Crippen LogP contribution in [-0.4, -0.2) is 75.4 Å². The van der Waals surface area contributed by atoms with Gasteiger partial charge >= 0.3 is 0 Å². The summed E-state index contributed by atoms with van der Waals surface area (Å²) in [5.74, 6) is 2.47. The van der Waals surface area contributed by atoms with Crippen LogP contribution < -0.4 is 10.1 Å². The molecule has 2 aliphatic heterocycles. The Kier molecular flexibility index (Phi) is 10.1. The van der Waals surface area contributed by atoms with Gasteiger partial charge in [-0.1, -0.05) is 48.5 Å². The zero-order valence-electron chi connectivity index (χ0n) is 18.9. The Hall–Kier alpha value is -1.84. The molecule has 0 saturated carbocycles. The van der Waals surface area contributed by atoms with E-state index in [1.165, 1.54) is 5.56 Å². The highest BCUT2D eigenvalue weighted by Crippen LogP contribution is 2.27. The van der Waals surface area contributed by atoms with Gasteiger partial charge in [-0.15, -0.1) is 24.0 Å². The van der Waals surface area contributed by atoms with Crippen molar-refractivity contribution in [1.82, 2.24) is 15.1 Å². The highest BCUT2D eigenvalue weighted by Gasteiger charge is 2.26. The van der Waals surface area contributed by atoms with Crippen molar-refractivity contribution in [2.45, 2.75) is 18.9 Å². The molecule has 2 aliphatic rings. The van der Waals surface area contributed by atoms with Gasteiger partial charge < -0.3 is 19.7 Å². The molecule has 7 heteroatoms. The number of hydrogen-bond acceptors (Lipinski definition) is 4. The van der Waals surface area contributed by atoms with Crippen molar-refractivity contribution >= 4 is 29.9 Å². The van der Waals surface area contributed by atoms with Crippen molar-refractivity contribution in [3.05, 3.63) is 65.7 Å². The van der Waals surface area contributed by atoms with Crippen LogP contribution in [0.1, 0.15) is 23.5 Å². The zero-order valence-corrected chi connectivity index (χ0v) is 21.2. The predicted molar refractivity (Wildman–Crippen MR) is 140 cm³/mol. The van der Waals surface area contributed by atoms with Crippen LogP contribution in [0.15, 0.2) is 59.6 Å². The standard InChI is InChI=1S/C25H34N4O2.HI/c1-26-25(29-12-11-23(20-29)21-7-3-2-4-8-21)27-19-22-9-5-6-10-24(22)31-18-15-28-13-16-30-17-14-28;/h2-10,23H,11-20H2,1H3,(H,26,27);1H. The molecule has 0 aliphatic carbocycles. The third-order valence-corrected chi connectivity index (χ3v) is 6.15. The molecule has 6 nitrogen and oxygen atoms in total. The van der Waals surface area contributed by atoms with E-state index in [1.807, 2.05) is 13.1 Å². The largest absolute Gasteiger partial charge is 0.492 e. The van der Waals surface area contributed by atoms with Gasteiger partial charge in [-0.25, -0.2) is 0 Å². The molecule has 0 spiro atoms. The van der Waals surface area contributed by atoms with Gasteiger partial charge in [-0.2, -0.15) is 0 Å². The molecular weight excluding hydrogens is 515 g/mol. The van der Waals surface area contributed by atoms with E-state index in [0.717, 1.165) is 69.6 Å². The maximum atomic E-state index is 6.13. The van der Waals surface area contributed by atoms with Crippen LogP contribution in [-0.2, 0) is 11.3 Å². The van der Waals surface area contributed by atoms with Crippen LogP contribution in [0.25, 0.3) is 0 Å². The molecule has 2 saturated heterocycles. The van der Waals surface area contributed by atoms with Crippen LogP contribution in [0, 0.1) is 0 Å². The van der Waals surface area contributed by atoms with E-state index >= 15 is 0 Å². The Morgan fingerprint density at radius 3 is 2.59 bits per heavy atom. The van der Waals surface area contributed by atoms with E-state index < -0.39 is 0 Å². The lowest BCUT2D eigenvalue weighted by Gasteiger charge is -2.26. The van der Waals surface area contributed by atoms with Gasteiger partial charge in [-0.05, 0) is 18.1 Å². The molecule has 174 valence electrons. The summed E-state index contributed by atoms with van der Waals surface area (Å²) in [7, 11) is 1.86. The zero-order chi connectivity index (χ0) is 21.3. The topological polar surface area (TPSA) is 49.3 Å². The number of guanidine groups is 1.